The maximum absolute atomic E-state index is 4.58. The van der Waals surface area contributed by atoms with Gasteiger partial charge < -0.3 is 10.6 Å². The minimum absolute atomic E-state index is 0.520. The third-order valence-corrected chi connectivity index (χ3v) is 4.16. The first kappa shape index (κ1) is 14.8. The van der Waals surface area contributed by atoms with Gasteiger partial charge in [0.25, 0.3) is 0 Å². The Morgan fingerprint density at radius 1 is 0.955 bits per heavy atom. The van der Waals surface area contributed by atoms with Crippen molar-refractivity contribution in [3.8, 4) is 0 Å². The number of anilines is 2. The summed E-state index contributed by atoms with van der Waals surface area (Å²) in [6, 6.07) is 12.8. The number of hydrogen-bond donors (Lipinski definition) is 2. The first-order valence-corrected chi connectivity index (χ1v) is 8.27. The summed E-state index contributed by atoms with van der Waals surface area (Å²) in [4.78, 5) is 8.94. The molecule has 3 rings (SSSR count). The van der Waals surface area contributed by atoms with Gasteiger partial charge in [0.1, 0.15) is 5.82 Å². The third-order valence-electron chi connectivity index (χ3n) is 4.16. The van der Waals surface area contributed by atoms with Gasteiger partial charge in [-0.1, -0.05) is 56.0 Å². The van der Waals surface area contributed by atoms with Crippen molar-refractivity contribution in [1.82, 2.24) is 9.97 Å². The van der Waals surface area contributed by atoms with Crippen LogP contribution in [0.5, 0.6) is 0 Å². The zero-order valence-corrected chi connectivity index (χ0v) is 13.0. The highest BCUT2D eigenvalue weighted by Crippen LogP contribution is 2.20. The van der Waals surface area contributed by atoms with E-state index in [0.717, 1.165) is 18.3 Å². The van der Waals surface area contributed by atoms with Crippen LogP contribution in [0.2, 0.25) is 0 Å². The van der Waals surface area contributed by atoms with E-state index in [2.05, 4.69) is 44.9 Å². The fourth-order valence-electron chi connectivity index (χ4n) is 2.92. The van der Waals surface area contributed by atoms with Gasteiger partial charge in [-0.2, -0.15) is 4.98 Å². The smallest absolute Gasteiger partial charge is 0.224 e. The van der Waals surface area contributed by atoms with Crippen LogP contribution in [0.3, 0.4) is 0 Å². The molecule has 0 atom stereocenters. The van der Waals surface area contributed by atoms with E-state index in [1.165, 1.54) is 44.1 Å². The Hall–Kier alpha value is -2.10. The molecule has 1 heterocycles. The fourth-order valence-corrected chi connectivity index (χ4v) is 2.92. The van der Waals surface area contributed by atoms with E-state index in [-0.39, 0.29) is 0 Å². The van der Waals surface area contributed by atoms with Crippen LogP contribution >= 0.6 is 0 Å². The SMILES string of the molecule is c1ccc(CNc2ccnc(NC3CCCCCC3)n2)cc1. The van der Waals surface area contributed by atoms with Crippen molar-refractivity contribution in [3.05, 3.63) is 48.2 Å². The zero-order chi connectivity index (χ0) is 15.0. The van der Waals surface area contributed by atoms with Crippen LogP contribution in [0.25, 0.3) is 0 Å². The molecule has 2 aromatic rings. The second-order valence-corrected chi connectivity index (χ2v) is 5.94. The van der Waals surface area contributed by atoms with Crippen LogP contribution in [0.1, 0.15) is 44.1 Å². The van der Waals surface area contributed by atoms with Crippen molar-refractivity contribution in [2.24, 2.45) is 0 Å². The first-order chi connectivity index (χ1) is 10.9. The molecule has 0 unspecified atom stereocenters. The van der Waals surface area contributed by atoms with E-state index < -0.39 is 0 Å². The monoisotopic (exact) mass is 296 g/mol. The molecule has 1 saturated carbocycles. The standard InChI is InChI=1S/C18H24N4/c1-2-7-11-16(10-6-1)21-18-19-13-12-17(22-18)20-14-15-8-4-3-5-9-15/h3-5,8-9,12-13,16H,1-2,6-7,10-11,14H2,(H2,19,20,21,22). The zero-order valence-electron chi connectivity index (χ0n) is 13.0. The van der Waals surface area contributed by atoms with E-state index >= 15 is 0 Å². The van der Waals surface area contributed by atoms with Gasteiger partial charge in [-0.25, -0.2) is 4.98 Å². The summed E-state index contributed by atoms with van der Waals surface area (Å²) in [7, 11) is 0. The molecule has 1 aromatic carbocycles. The van der Waals surface area contributed by atoms with Crippen LogP contribution in [0.4, 0.5) is 11.8 Å². The van der Waals surface area contributed by atoms with Crippen LogP contribution in [0.15, 0.2) is 42.6 Å². The average Bonchev–Trinajstić information content (AvgIpc) is 2.83. The molecule has 1 fully saturated rings. The summed E-state index contributed by atoms with van der Waals surface area (Å²) < 4.78 is 0. The normalized spacial score (nSPS) is 16.0. The maximum atomic E-state index is 4.58. The molecular formula is C18H24N4. The number of hydrogen-bond acceptors (Lipinski definition) is 4. The Morgan fingerprint density at radius 3 is 2.50 bits per heavy atom. The van der Waals surface area contributed by atoms with Crippen molar-refractivity contribution in [2.45, 2.75) is 51.1 Å². The maximum Gasteiger partial charge on any atom is 0.224 e. The summed E-state index contributed by atoms with van der Waals surface area (Å²) >= 11 is 0. The predicted octanol–water partition coefficient (Wildman–Crippen LogP) is 4.22. The van der Waals surface area contributed by atoms with Crippen molar-refractivity contribution < 1.29 is 0 Å². The Morgan fingerprint density at radius 2 is 1.73 bits per heavy atom. The Bertz CT molecular complexity index is 562. The lowest BCUT2D eigenvalue weighted by atomic mass is 10.1. The van der Waals surface area contributed by atoms with E-state index in [9.17, 15) is 0 Å². The van der Waals surface area contributed by atoms with Gasteiger partial charge >= 0.3 is 0 Å². The van der Waals surface area contributed by atoms with Gasteiger partial charge in [0.2, 0.25) is 5.95 Å². The first-order valence-electron chi connectivity index (χ1n) is 8.27. The second kappa shape index (κ2) is 7.78. The molecule has 22 heavy (non-hydrogen) atoms. The number of nitrogens with one attached hydrogen (secondary N) is 2. The topological polar surface area (TPSA) is 49.8 Å². The van der Waals surface area contributed by atoms with Crippen LogP contribution in [0, 0.1) is 0 Å². The molecule has 4 nitrogen and oxygen atoms in total. The summed E-state index contributed by atoms with van der Waals surface area (Å²) in [5, 5.41) is 6.86. The van der Waals surface area contributed by atoms with Gasteiger partial charge in [-0.3, -0.25) is 0 Å². The molecule has 4 heteroatoms. The summed E-state index contributed by atoms with van der Waals surface area (Å²) in [6.45, 7) is 0.778. The molecule has 0 aliphatic heterocycles. The van der Waals surface area contributed by atoms with Crippen LogP contribution in [-0.4, -0.2) is 16.0 Å². The molecule has 116 valence electrons. The lowest BCUT2D eigenvalue weighted by molar-refractivity contribution is 0.615. The van der Waals surface area contributed by atoms with Gasteiger partial charge in [-0.05, 0) is 24.5 Å². The van der Waals surface area contributed by atoms with E-state index in [0.29, 0.717) is 6.04 Å². The minimum Gasteiger partial charge on any atom is -0.366 e. The van der Waals surface area contributed by atoms with Crippen LogP contribution < -0.4 is 10.6 Å². The Balaban J connectivity index is 1.57. The quantitative estimate of drug-likeness (QED) is 0.811. The minimum atomic E-state index is 0.520. The highest BCUT2D eigenvalue weighted by molar-refractivity contribution is 5.40. The van der Waals surface area contributed by atoms with Crippen molar-refractivity contribution >= 4 is 11.8 Å². The molecule has 1 aliphatic carbocycles. The second-order valence-electron chi connectivity index (χ2n) is 5.94. The van der Waals surface area contributed by atoms with Crippen molar-refractivity contribution in [1.29, 1.82) is 0 Å². The molecule has 0 radical (unpaired) electrons. The number of aromatic nitrogens is 2. The van der Waals surface area contributed by atoms with Crippen LogP contribution in [-0.2, 0) is 6.54 Å². The van der Waals surface area contributed by atoms with Crippen molar-refractivity contribution in [2.75, 3.05) is 10.6 Å². The number of rotatable bonds is 5. The Labute approximate surface area is 132 Å². The molecular weight excluding hydrogens is 272 g/mol. The molecule has 0 bridgehead atoms. The molecule has 0 saturated heterocycles. The number of benzene rings is 1. The average molecular weight is 296 g/mol. The van der Waals surface area contributed by atoms with E-state index in [1.54, 1.807) is 0 Å². The Kier molecular flexibility index (Phi) is 5.24. The highest BCUT2D eigenvalue weighted by Gasteiger charge is 2.13. The summed E-state index contributed by atoms with van der Waals surface area (Å²) in [5.74, 6) is 1.61. The van der Waals surface area contributed by atoms with Crippen molar-refractivity contribution in [3.63, 3.8) is 0 Å². The molecule has 1 aliphatic rings. The summed E-state index contributed by atoms with van der Waals surface area (Å²) in [5.41, 5.74) is 1.25. The molecule has 2 N–H and O–H groups in total. The number of nitrogens with zero attached hydrogens (tertiary/aromatic N) is 2. The third kappa shape index (κ3) is 4.45. The van der Waals surface area contributed by atoms with Gasteiger partial charge in [0.15, 0.2) is 0 Å². The van der Waals surface area contributed by atoms with E-state index in [4.69, 9.17) is 0 Å². The van der Waals surface area contributed by atoms with Gasteiger partial charge in [0.05, 0.1) is 0 Å². The molecule has 0 amide bonds. The van der Waals surface area contributed by atoms with Gasteiger partial charge in [-0.15, -0.1) is 0 Å². The van der Waals surface area contributed by atoms with E-state index in [1.807, 2.05) is 18.3 Å². The van der Waals surface area contributed by atoms with Gasteiger partial charge in [0, 0.05) is 18.8 Å². The predicted molar refractivity (Wildman–Crippen MR) is 90.9 cm³/mol. The molecule has 1 aromatic heterocycles. The lowest BCUT2D eigenvalue weighted by Gasteiger charge is -2.16. The largest absolute Gasteiger partial charge is 0.366 e. The lowest BCUT2D eigenvalue weighted by Crippen LogP contribution is -2.20. The fraction of sp³-hybridized carbons (Fsp3) is 0.444. The molecule has 0 spiro atoms. The highest BCUT2D eigenvalue weighted by atomic mass is 15.1. The summed E-state index contributed by atoms with van der Waals surface area (Å²) in [6.07, 6.45) is 9.61.